The molecule has 0 radical (unpaired) electrons. The van der Waals surface area contributed by atoms with E-state index in [1.807, 2.05) is 0 Å². The van der Waals surface area contributed by atoms with E-state index >= 15 is 0 Å². The molecule has 1 N–H and O–H groups in total. The molecular formula is C18H11Cl3N2O3S. The zero-order valence-corrected chi connectivity index (χ0v) is 16.6. The molecule has 9 heteroatoms. The minimum Gasteiger partial charge on any atom is -0.325 e. The van der Waals surface area contributed by atoms with Crippen LogP contribution in [0.25, 0.3) is 6.08 Å². The van der Waals surface area contributed by atoms with Gasteiger partial charge < -0.3 is 5.32 Å². The summed E-state index contributed by atoms with van der Waals surface area (Å²) in [7, 11) is 0. The third-order valence-electron chi connectivity index (χ3n) is 3.57. The number of anilines is 1. The minimum absolute atomic E-state index is 0.170. The topological polar surface area (TPSA) is 66.5 Å². The number of carbonyl (C=O) groups is 3. The third kappa shape index (κ3) is 4.65. The van der Waals surface area contributed by atoms with Crippen molar-refractivity contribution in [3.05, 3.63) is 68.0 Å². The molecular weight excluding hydrogens is 431 g/mol. The van der Waals surface area contributed by atoms with Crippen LogP contribution in [0.2, 0.25) is 15.1 Å². The Hall–Kier alpha value is -1.99. The van der Waals surface area contributed by atoms with Crippen LogP contribution in [0.15, 0.2) is 47.4 Å². The molecule has 0 bridgehead atoms. The van der Waals surface area contributed by atoms with E-state index in [1.54, 1.807) is 42.5 Å². The number of rotatable bonds is 4. The number of benzene rings is 2. The Bertz CT molecular complexity index is 961. The number of nitrogens with one attached hydrogen (secondary N) is 1. The van der Waals surface area contributed by atoms with Gasteiger partial charge in [-0.1, -0.05) is 46.9 Å². The minimum atomic E-state index is -0.563. The number of thioether (sulfide) groups is 1. The summed E-state index contributed by atoms with van der Waals surface area (Å²) in [5.41, 5.74) is 1.03. The lowest BCUT2D eigenvalue weighted by Gasteiger charge is -2.12. The van der Waals surface area contributed by atoms with Crippen LogP contribution in [-0.2, 0) is 9.59 Å². The first kappa shape index (κ1) is 19.8. The summed E-state index contributed by atoms with van der Waals surface area (Å²) in [6, 6.07) is 11.5. The number of hydrogen-bond donors (Lipinski definition) is 1. The van der Waals surface area contributed by atoms with Crippen molar-refractivity contribution in [2.45, 2.75) is 0 Å². The van der Waals surface area contributed by atoms with E-state index in [2.05, 4.69) is 5.32 Å². The normalized spacial score (nSPS) is 15.5. The summed E-state index contributed by atoms with van der Waals surface area (Å²) in [5.74, 6) is -1.06. The Labute approximate surface area is 174 Å². The molecule has 0 aliphatic carbocycles. The van der Waals surface area contributed by atoms with Gasteiger partial charge >= 0.3 is 0 Å². The van der Waals surface area contributed by atoms with Crippen molar-refractivity contribution in [3.63, 3.8) is 0 Å². The van der Waals surface area contributed by atoms with E-state index in [0.717, 1.165) is 16.7 Å². The summed E-state index contributed by atoms with van der Waals surface area (Å²) < 4.78 is 0. The van der Waals surface area contributed by atoms with Gasteiger partial charge in [0.2, 0.25) is 5.91 Å². The third-order valence-corrected chi connectivity index (χ3v) is 5.56. The highest BCUT2D eigenvalue weighted by atomic mass is 35.5. The summed E-state index contributed by atoms with van der Waals surface area (Å²) in [6.45, 7) is -0.395. The second-order valence-electron chi connectivity index (χ2n) is 5.47. The molecule has 0 unspecified atom stereocenters. The summed E-state index contributed by atoms with van der Waals surface area (Å²) >= 11 is 18.6. The van der Waals surface area contributed by atoms with Crippen molar-refractivity contribution in [1.82, 2.24) is 4.90 Å². The van der Waals surface area contributed by atoms with Crippen molar-refractivity contribution < 1.29 is 14.4 Å². The quantitative estimate of drug-likeness (QED) is 0.652. The van der Waals surface area contributed by atoms with E-state index in [-0.39, 0.29) is 9.93 Å². The number of nitrogens with zero attached hydrogens (tertiary/aromatic N) is 1. The lowest BCUT2D eigenvalue weighted by Crippen LogP contribution is -2.36. The molecule has 0 saturated carbocycles. The predicted molar refractivity (Wildman–Crippen MR) is 109 cm³/mol. The molecule has 2 aromatic rings. The standard InChI is InChI=1S/C18H11Cl3N2O3S/c19-11-4-6-12(7-5-11)22-15(24)9-23-17(25)14(27-18(23)26)8-10-2-1-3-13(20)16(10)21/h1-8H,9H2,(H,22,24)/b14-8-. The van der Waals surface area contributed by atoms with Gasteiger partial charge in [-0.05, 0) is 53.7 Å². The number of hydrogen-bond acceptors (Lipinski definition) is 4. The fourth-order valence-corrected chi connectivity index (χ4v) is 3.60. The van der Waals surface area contributed by atoms with Crippen LogP contribution < -0.4 is 5.32 Å². The van der Waals surface area contributed by atoms with Crippen molar-refractivity contribution in [2.24, 2.45) is 0 Å². The molecule has 27 heavy (non-hydrogen) atoms. The molecule has 0 atom stereocenters. The van der Waals surface area contributed by atoms with Crippen LogP contribution in [-0.4, -0.2) is 28.5 Å². The Morgan fingerprint density at radius 3 is 2.48 bits per heavy atom. The van der Waals surface area contributed by atoms with E-state index in [4.69, 9.17) is 34.8 Å². The van der Waals surface area contributed by atoms with E-state index < -0.39 is 23.6 Å². The van der Waals surface area contributed by atoms with Crippen LogP contribution in [0.4, 0.5) is 10.5 Å². The van der Waals surface area contributed by atoms with Gasteiger partial charge in [0, 0.05) is 10.7 Å². The average Bonchev–Trinajstić information content (AvgIpc) is 2.88. The zero-order valence-electron chi connectivity index (χ0n) is 13.5. The maximum atomic E-state index is 12.5. The number of imide groups is 1. The molecule has 3 amide bonds. The van der Waals surface area contributed by atoms with E-state index in [1.165, 1.54) is 6.08 Å². The Morgan fingerprint density at radius 1 is 1.07 bits per heavy atom. The molecule has 1 saturated heterocycles. The molecule has 1 aliphatic rings. The van der Waals surface area contributed by atoms with Crippen molar-refractivity contribution >= 4 is 75.4 Å². The Morgan fingerprint density at radius 2 is 1.78 bits per heavy atom. The largest absolute Gasteiger partial charge is 0.325 e. The molecule has 1 fully saturated rings. The average molecular weight is 442 g/mol. The first-order valence-electron chi connectivity index (χ1n) is 7.60. The summed E-state index contributed by atoms with van der Waals surface area (Å²) in [4.78, 5) is 37.8. The molecule has 138 valence electrons. The van der Waals surface area contributed by atoms with Gasteiger partial charge in [0.15, 0.2) is 0 Å². The molecule has 2 aromatic carbocycles. The van der Waals surface area contributed by atoms with Crippen LogP contribution in [0.3, 0.4) is 0 Å². The van der Waals surface area contributed by atoms with Crippen LogP contribution in [0, 0.1) is 0 Å². The highest BCUT2D eigenvalue weighted by Gasteiger charge is 2.36. The fraction of sp³-hybridized carbons (Fsp3) is 0.0556. The highest BCUT2D eigenvalue weighted by molar-refractivity contribution is 8.18. The van der Waals surface area contributed by atoms with Crippen LogP contribution >= 0.6 is 46.6 Å². The predicted octanol–water partition coefficient (Wildman–Crippen LogP) is 5.32. The summed E-state index contributed by atoms with van der Waals surface area (Å²) in [5, 5.41) is 3.23. The zero-order chi connectivity index (χ0) is 19.6. The molecule has 0 spiro atoms. The number of halogens is 3. The Balaban J connectivity index is 1.72. The lowest BCUT2D eigenvalue weighted by atomic mass is 10.2. The maximum absolute atomic E-state index is 12.5. The lowest BCUT2D eigenvalue weighted by molar-refractivity contribution is -0.127. The molecule has 3 rings (SSSR count). The van der Waals surface area contributed by atoms with Crippen LogP contribution in [0.5, 0.6) is 0 Å². The van der Waals surface area contributed by atoms with E-state index in [0.29, 0.717) is 21.3 Å². The molecule has 0 aromatic heterocycles. The van der Waals surface area contributed by atoms with Gasteiger partial charge in [-0.3, -0.25) is 19.3 Å². The van der Waals surface area contributed by atoms with Crippen molar-refractivity contribution in [3.8, 4) is 0 Å². The number of carbonyl (C=O) groups excluding carboxylic acids is 3. The van der Waals surface area contributed by atoms with Crippen LogP contribution in [0.1, 0.15) is 5.56 Å². The molecule has 1 aliphatic heterocycles. The van der Waals surface area contributed by atoms with Crippen molar-refractivity contribution in [2.75, 3.05) is 11.9 Å². The Kier molecular flexibility index (Phi) is 6.11. The second kappa shape index (κ2) is 8.35. The van der Waals surface area contributed by atoms with Gasteiger partial charge in [-0.25, -0.2) is 0 Å². The fourth-order valence-electron chi connectivity index (χ4n) is 2.29. The van der Waals surface area contributed by atoms with Crippen molar-refractivity contribution in [1.29, 1.82) is 0 Å². The van der Waals surface area contributed by atoms with Gasteiger partial charge in [-0.15, -0.1) is 0 Å². The van der Waals surface area contributed by atoms with E-state index in [9.17, 15) is 14.4 Å². The van der Waals surface area contributed by atoms with Gasteiger partial charge in [0.05, 0.1) is 15.0 Å². The van der Waals surface area contributed by atoms with Gasteiger partial charge in [0.25, 0.3) is 11.1 Å². The number of amides is 3. The summed E-state index contributed by atoms with van der Waals surface area (Å²) in [6.07, 6.45) is 1.48. The monoisotopic (exact) mass is 440 g/mol. The SMILES string of the molecule is O=C(CN1C(=O)S/C(=C\c2cccc(Cl)c2Cl)C1=O)Nc1ccc(Cl)cc1. The molecule has 5 nitrogen and oxygen atoms in total. The molecule has 1 heterocycles. The first-order valence-corrected chi connectivity index (χ1v) is 9.55. The maximum Gasteiger partial charge on any atom is 0.294 e. The second-order valence-corrected chi connectivity index (χ2v) is 7.68. The smallest absolute Gasteiger partial charge is 0.294 e. The first-order chi connectivity index (χ1) is 12.8. The van der Waals surface area contributed by atoms with Gasteiger partial charge in [-0.2, -0.15) is 0 Å². The highest BCUT2D eigenvalue weighted by Crippen LogP contribution is 2.34. The van der Waals surface area contributed by atoms with Gasteiger partial charge in [0.1, 0.15) is 6.54 Å².